The Balaban J connectivity index is 1.77. The minimum absolute atomic E-state index is 0.0119. The number of carbonyl (C=O) groups is 1. The molecule has 1 aliphatic carbocycles. The van der Waals surface area contributed by atoms with E-state index in [0.29, 0.717) is 17.3 Å². The Kier molecular flexibility index (Phi) is 3.37. The first-order chi connectivity index (χ1) is 9.72. The number of amides is 1. The smallest absolute Gasteiger partial charge is 0.251 e. The summed E-state index contributed by atoms with van der Waals surface area (Å²) in [7, 11) is 0. The van der Waals surface area contributed by atoms with E-state index in [-0.39, 0.29) is 5.91 Å². The highest BCUT2D eigenvalue weighted by Gasteiger charge is 2.21. The van der Waals surface area contributed by atoms with Gasteiger partial charge in [-0.3, -0.25) is 4.79 Å². The molecular formula is C16H17N3O. The maximum Gasteiger partial charge on any atom is 0.251 e. The molecule has 102 valence electrons. The zero-order valence-corrected chi connectivity index (χ0v) is 11.2. The van der Waals surface area contributed by atoms with Crippen molar-refractivity contribution in [2.24, 2.45) is 5.92 Å². The number of pyridine rings is 1. The molecule has 1 aromatic carbocycles. The third kappa shape index (κ3) is 2.96. The number of nitrogen functional groups attached to an aromatic ring is 1. The maximum absolute atomic E-state index is 12.1. The first kappa shape index (κ1) is 12.7. The minimum Gasteiger partial charge on any atom is -0.384 e. The number of benzene rings is 1. The molecule has 20 heavy (non-hydrogen) atoms. The van der Waals surface area contributed by atoms with Crippen molar-refractivity contribution in [3.05, 3.63) is 48.2 Å². The molecule has 0 unspecified atom stereocenters. The Morgan fingerprint density at radius 3 is 2.80 bits per heavy atom. The summed E-state index contributed by atoms with van der Waals surface area (Å²) in [5.41, 5.74) is 8.19. The highest BCUT2D eigenvalue weighted by atomic mass is 16.1. The summed E-state index contributed by atoms with van der Waals surface area (Å²) >= 11 is 0. The fourth-order valence-corrected chi connectivity index (χ4v) is 2.08. The Labute approximate surface area is 118 Å². The second-order valence-corrected chi connectivity index (χ2v) is 5.21. The largest absolute Gasteiger partial charge is 0.384 e. The molecule has 1 aromatic heterocycles. The summed E-state index contributed by atoms with van der Waals surface area (Å²) < 4.78 is 0. The molecule has 0 aliphatic heterocycles. The van der Waals surface area contributed by atoms with Crippen LogP contribution in [-0.2, 0) is 0 Å². The predicted octanol–water partition coefficient (Wildman–Crippen LogP) is 2.47. The molecule has 4 heteroatoms. The van der Waals surface area contributed by atoms with Crippen LogP contribution in [0.1, 0.15) is 23.2 Å². The van der Waals surface area contributed by atoms with Gasteiger partial charge < -0.3 is 11.1 Å². The number of anilines is 1. The van der Waals surface area contributed by atoms with E-state index in [2.05, 4.69) is 10.3 Å². The number of nitrogens with one attached hydrogen (secondary N) is 1. The molecule has 0 bridgehead atoms. The molecule has 1 aliphatic rings. The van der Waals surface area contributed by atoms with Gasteiger partial charge in [0, 0.05) is 23.9 Å². The number of carbonyl (C=O) groups excluding carboxylic acids is 1. The van der Waals surface area contributed by atoms with E-state index in [9.17, 15) is 4.79 Å². The molecule has 1 saturated carbocycles. The van der Waals surface area contributed by atoms with Crippen LogP contribution >= 0.6 is 0 Å². The van der Waals surface area contributed by atoms with Crippen LogP contribution < -0.4 is 11.1 Å². The van der Waals surface area contributed by atoms with E-state index in [1.165, 1.54) is 12.8 Å². The molecule has 3 rings (SSSR count). The first-order valence-corrected chi connectivity index (χ1v) is 6.82. The standard InChI is InChI=1S/C16H17N3O/c17-15-7-6-14(10-18-15)12-2-1-3-13(8-12)16(20)19-9-11-4-5-11/h1-3,6-8,10-11H,4-5,9H2,(H2,17,18)(H,19,20). The van der Waals surface area contributed by atoms with Crippen LogP contribution in [0.2, 0.25) is 0 Å². The predicted molar refractivity (Wildman–Crippen MR) is 79.1 cm³/mol. The second-order valence-electron chi connectivity index (χ2n) is 5.21. The molecule has 1 heterocycles. The van der Waals surface area contributed by atoms with Crippen LogP contribution in [-0.4, -0.2) is 17.4 Å². The number of nitrogens with two attached hydrogens (primary N) is 1. The fourth-order valence-electron chi connectivity index (χ4n) is 2.08. The van der Waals surface area contributed by atoms with Crippen molar-refractivity contribution in [2.45, 2.75) is 12.8 Å². The van der Waals surface area contributed by atoms with Gasteiger partial charge in [0.2, 0.25) is 0 Å². The number of hydrogen-bond donors (Lipinski definition) is 2. The Hall–Kier alpha value is -2.36. The van der Waals surface area contributed by atoms with Crippen molar-refractivity contribution >= 4 is 11.7 Å². The number of aromatic nitrogens is 1. The number of rotatable bonds is 4. The van der Waals surface area contributed by atoms with Crippen LogP contribution in [0.15, 0.2) is 42.6 Å². The first-order valence-electron chi connectivity index (χ1n) is 6.82. The molecule has 3 N–H and O–H groups in total. The van der Waals surface area contributed by atoms with E-state index in [1.54, 1.807) is 12.3 Å². The van der Waals surface area contributed by atoms with Gasteiger partial charge in [-0.25, -0.2) is 4.98 Å². The van der Waals surface area contributed by atoms with Crippen molar-refractivity contribution in [1.29, 1.82) is 0 Å². The van der Waals surface area contributed by atoms with Gasteiger partial charge in [-0.1, -0.05) is 12.1 Å². The molecule has 0 spiro atoms. The minimum atomic E-state index is -0.0119. The van der Waals surface area contributed by atoms with Gasteiger partial charge in [-0.05, 0) is 48.6 Å². The molecule has 0 saturated heterocycles. The average Bonchev–Trinajstić information content (AvgIpc) is 3.30. The molecule has 4 nitrogen and oxygen atoms in total. The normalized spacial score (nSPS) is 14.0. The van der Waals surface area contributed by atoms with Gasteiger partial charge in [0.15, 0.2) is 0 Å². The lowest BCUT2D eigenvalue weighted by Crippen LogP contribution is -2.25. The van der Waals surface area contributed by atoms with E-state index >= 15 is 0 Å². The number of nitrogens with zero attached hydrogens (tertiary/aromatic N) is 1. The lowest BCUT2D eigenvalue weighted by atomic mass is 10.0. The summed E-state index contributed by atoms with van der Waals surface area (Å²) in [6, 6.07) is 11.2. The highest BCUT2D eigenvalue weighted by Crippen LogP contribution is 2.27. The van der Waals surface area contributed by atoms with Crippen molar-refractivity contribution in [3.63, 3.8) is 0 Å². The Bertz CT molecular complexity index is 618. The summed E-state index contributed by atoms with van der Waals surface area (Å²) in [6.45, 7) is 0.784. The maximum atomic E-state index is 12.1. The lowest BCUT2D eigenvalue weighted by molar-refractivity contribution is 0.0952. The van der Waals surface area contributed by atoms with E-state index < -0.39 is 0 Å². The summed E-state index contributed by atoms with van der Waals surface area (Å²) in [5.74, 6) is 1.16. The van der Waals surface area contributed by atoms with Gasteiger partial charge >= 0.3 is 0 Å². The molecule has 1 amide bonds. The van der Waals surface area contributed by atoms with Crippen LogP contribution in [0.5, 0.6) is 0 Å². The van der Waals surface area contributed by atoms with Gasteiger partial charge in [0.25, 0.3) is 5.91 Å². The van der Waals surface area contributed by atoms with Crippen LogP contribution in [0.3, 0.4) is 0 Å². The molecule has 1 fully saturated rings. The van der Waals surface area contributed by atoms with Crippen LogP contribution in [0.4, 0.5) is 5.82 Å². The number of hydrogen-bond acceptors (Lipinski definition) is 3. The second kappa shape index (κ2) is 5.33. The molecule has 0 radical (unpaired) electrons. The Morgan fingerprint density at radius 2 is 2.10 bits per heavy atom. The van der Waals surface area contributed by atoms with E-state index in [0.717, 1.165) is 17.7 Å². The lowest BCUT2D eigenvalue weighted by Gasteiger charge is -2.07. The van der Waals surface area contributed by atoms with Gasteiger partial charge in [0.05, 0.1) is 0 Å². The quantitative estimate of drug-likeness (QED) is 0.894. The van der Waals surface area contributed by atoms with Gasteiger partial charge in [-0.15, -0.1) is 0 Å². The molecule has 2 aromatic rings. The monoisotopic (exact) mass is 267 g/mol. The molecular weight excluding hydrogens is 250 g/mol. The zero-order chi connectivity index (χ0) is 13.9. The van der Waals surface area contributed by atoms with E-state index in [4.69, 9.17) is 5.73 Å². The summed E-state index contributed by atoms with van der Waals surface area (Å²) in [6.07, 6.45) is 4.19. The van der Waals surface area contributed by atoms with Gasteiger partial charge in [0.1, 0.15) is 5.82 Å². The van der Waals surface area contributed by atoms with Crippen molar-refractivity contribution in [1.82, 2.24) is 10.3 Å². The Morgan fingerprint density at radius 1 is 1.25 bits per heavy atom. The van der Waals surface area contributed by atoms with E-state index in [1.807, 2.05) is 30.3 Å². The highest BCUT2D eigenvalue weighted by molar-refractivity contribution is 5.95. The fraction of sp³-hybridized carbons (Fsp3) is 0.250. The van der Waals surface area contributed by atoms with Crippen LogP contribution in [0.25, 0.3) is 11.1 Å². The molecule has 0 atom stereocenters. The third-order valence-corrected chi connectivity index (χ3v) is 3.49. The van der Waals surface area contributed by atoms with Crippen molar-refractivity contribution in [3.8, 4) is 11.1 Å². The van der Waals surface area contributed by atoms with Gasteiger partial charge in [-0.2, -0.15) is 0 Å². The van der Waals surface area contributed by atoms with Crippen molar-refractivity contribution < 1.29 is 4.79 Å². The summed E-state index contributed by atoms with van der Waals surface area (Å²) in [5, 5.41) is 2.97. The zero-order valence-electron chi connectivity index (χ0n) is 11.2. The van der Waals surface area contributed by atoms with Crippen LogP contribution in [0, 0.1) is 5.92 Å². The van der Waals surface area contributed by atoms with Crippen molar-refractivity contribution in [2.75, 3.05) is 12.3 Å². The SMILES string of the molecule is Nc1ccc(-c2cccc(C(=O)NCC3CC3)c2)cn1. The third-order valence-electron chi connectivity index (χ3n) is 3.49. The topological polar surface area (TPSA) is 68.0 Å². The average molecular weight is 267 g/mol. The summed E-state index contributed by atoms with van der Waals surface area (Å²) in [4.78, 5) is 16.1.